The summed E-state index contributed by atoms with van der Waals surface area (Å²) >= 11 is 6.05. The molecule has 1 aliphatic rings. The highest BCUT2D eigenvalue weighted by molar-refractivity contribution is 6.31. The van der Waals surface area contributed by atoms with Gasteiger partial charge in [-0.25, -0.2) is 0 Å². The Morgan fingerprint density at radius 3 is 3.09 bits per heavy atom. The lowest BCUT2D eigenvalue weighted by Crippen LogP contribution is -2.45. The quantitative estimate of drug-likeness (QED) is 0.933. The summed E-state index contributed by atoms with van der Waals surface area (Å²) in [6.45, 7) is 1.03. The molecule has 0 saturated carbocycles. The highest BCUT2D eigenvalue weighted by Gasteiger charge is 2.27. The average molecular weight is 334 g/mol. The fourth-order valence-corrected chi connectivity index (χ4v) is 2.78. The second-order valence-electron chi connectivity index (χ2n) is 5.35. The van der Waals surface area contributed by atoms with Crippen molar-refractivity contribution in [1.82, 2.24) is 14.9 Å². The van der Waals surface area contributed by atoms with E-state index < -0.39 is 0 Å². The van der Waals surface area contributed by atoms with E-state index >= 15 is 0 Å². The number of hydrogen-bond donors (Lipinski definition) is 1. The van der Waals surface area contributed by atoms with Crippen LogP contribution in [-0.4, -0.2) is 40.0 Å². The van der Waals surface area contributed by atoms with E-state index in [0.29, 0.717) is 23.9 Å². The minimum absolute atomic E-state index is 0.148. The predicted octanol–water partition coefficient (Wildman–Crippen LogP) is 2.11. The summed E-state index contributed by atoms with van der Waals surface area (Å²) < 4.78 is 5.88. The molecule has 0 bridgehead atoms. The molecule has 1 N–H and O–H groups in total. The summed E-state index contributed by atoms with van der Waals surface area (Å²) in [6.07, 6.45) is 6.11. The van der Waals surface area contributed by atoms with Gasteiger partial charge in [-0.05, 0) is 25.0 Å². The first-order chi connectivity index (χ1) is 11.1. The highest BCUT2D eigenvalue weighted by atomic mass is 35.5. The summed E-state index contributed by atoms with van der Waals surface area (Å²) in [5.41, 5.74) is -0.229. The van der Waals surface area contributed by atoms with E-state index in [0.717, 1.165) is 12.8 Å². The lowest BCUT2D eigenvalue weighted by molar-refractivity contribution is 0.0536. The Labute approximate surface area is 138 Å². The maximum atomic E-state index is 12.5. The standard InChI is InChI=1S/C16H16ClN3O3/c17-13-9-18-7-5-14(13)23-11-3-2-8-20(10-11)16(22)12-4-1-6-19-15(12)21/h1,4-7,9,11H,2-3,8,10H2,(H,19,21). The largest absolute Gasteiger partial charge is 0.487 e. The first-order valence-corrected chi connectivity index (χ1v) is 7.76. The van der Waals surface area contributed by atoms with Crippen molar-refractivity contribution >= 4 is 17.5 Å². The minimum atomic E-state index is -0.377. The summed E-state index contributed by atoms with van der Waals surface area (Å²) in [5, 5.41) is 0.440. The molecule has 3 heterocycles. The number of aromatic amines is 1. The first-order valence-electron chi connectivity index (χ1n) is 7.38. The van der Waals surface area contributed by atoms with Crippen LogP contribution in [-0.2, 0) is 0 Å². The van der Waals surface area contributed by atoms with Crippen LogP contribution < -0.4 is 10.3 Å². The molecule has 1 unspecified atom stereocenters. The molecule has 0 aliphatic carbocycles. The van der Waals surface area contributed by atoms with Crippen LogP contribution in [0.5, 0.6) is 5.75 Å². The van der Waals surface area contributed by atoms with Crippen molar-refractivity contribution in [3.63, 3.8) is 0 Å². The molecule has 0 radical (unpaired) electrons. The second-order valence-corrected chi connectivity index (χ2v) is 5.76. The van der Waals surface area contributed by atoms with Gasteiger partial charge >= 0.3 is 0 Å². The number of aromatic nitrogens is 2. The molecule has 1 saturated heterocycles. The van der Waals surface area contributed by atoms with Crippen molar-refractivity contribution in [2.75, 3.05) is 13.1 Å². The Balaban J connectivity index is 1.71. The van der Waals surface area contributed by atoms with Gasteiger partial charge < -0.3 is 14.6 Å². The van der Waals surface area contributed by atoms with Gasteiger partial charge in [0.2, 0.25) is 0 Å². The summed E-state index contributed by atoms with van der Waals surface area (Å²) in [4.78, 5) is 32.3. The fourth-order valence-electron chi connectivity index (χ4n) is 2.62. The number of likely N-dealkylation sites (tertiary alicyclic amines) is 1. The lowest BCUT2D eigenvalue weighted by atomic mass is 10.1. The van der Waals surface area contributed by atoms with E-state index in [1.165, 1.54) is 18.5 Å². The van der Waals surface area contributed by atoms with E-state index in [4.69, 9.17) is 16.3 Å². The number of carbonyl (C=O) groups is 1. The van der Waals surface area contributed by atoms with Gasteiger partial charge in [-0.1, -0.05) is 11.6 Å². The summed E-state index contributed by atoms with van der Waals surface area (Å²) in [5.74, 6) is 0.277. The maximum Gasteiger partial charge on any atom is 0.260 e. The monoisotopic (exact) mass is 333 g/mol. The molecule has 23 heavy (non-hydrogen) atoms. The zero-order valence-electron chi connectivity index (χ0n) is 12.4. The number of H-pyrrole nitrogens is 1. The zero-order valence-corrected chi connectivity index (χ0v) is 13.1. The highest BCUT2D eigenvalue weighted by Crippen LogP contribution is 2.25. The Hall–Kier alpha value is -2.34. The van der Waals surface area contributed by atoms with Crippen LogP contribution in [0.3, 0.4) is 0 Å². The molecular formula is C16H16ClN3O3. The number of nitrogens with zero attached hydrogens (tertiary/aromatic N) is 2. The third kappa shape index (κ3) is 3.53. The number of amides is 1. The number of nitrogens with one attached hydrogen (secondary N) is 1. The molecule has 1 aliphatic heterocycles. The number of ether oxygens (including phenoxy) is 1. The average Bonchev–Trinajstić information content (AvgIpc) is 2.57. The maximum absolute atomic E-state index is 12.5. The van der Waals surface area contributed by atoms with Crippen molar-refractivity contribution in [2.24, 2.45) is 0 Å². The van der Waals surface area contributed by atoms with Gasteiger partial charge in [-0.15, -0.1) is 0 Å². The number of halogens is 1. The van der Waals surface area contributed by atoms with Gasteiger partial charge in [0, 0.05) is 31.2 Å². The molecule has 1 amide bonds. The van der Waals surface area contributed by atoms with E-state index in [9.17, 15) is 9.59 Å². The molecule has 7 heteroatoms. The molecule has 1 fully saturated rings. The number of hydrogen-bond acceptors (Lipinski definition) is 4. The third-order valence-corrected chi connectivity index (χ3v) is 4.03. The van der Waals surface area contributed by atoms with Crippen LogP contribution in [0.25, 0.3) is 0 Å². The van der Waals surface area contributed by atoms with Crippen LogP contribution in [0.4, 0.5) is 0 Å². The van der Waals surface area contributed by atoms with E-state index in [-0.39, 0.29) is 23.1 Å². The molecule has 1 atom stereocenters. The van der Waals surface area contributed by atoms with Gasteiger partial charge in [0.1, 0.15) is 22.4 Å². The third-order valence-electron chi connectivity index (χ3n) is 3.74. The summed E-state index contributed by atoms with van der Waals surface area (Å²) in [6, 6.07) is 4.87. The molecule has 0 aromatic carbocycles. The Morgan fingerprint density at radius 1 is 1.43 bits per heavy atom. The van der Waals surface area contributed by atoms with E-state index in [1.54, 1.807) is 23.2 Å². The molecule has 6 nitrogen and oxygen atoms in total. The van der Waals surface area contributed by atoms with E-state index in [1.807, 2.05) is 0 Å². The van der Waals surface area contributed by atoms with Gasteiger partial charge in [0.25, 0.3) is 11.5 Å². The predicted molar refractivity (Wildman–Crippen MR) is 85.9 cm³/mol. The fraction of sp³-hybridized carbons (Fsp3) is 0.312. The van der Waals surface area contributed by atoms with Crippen LogP contribution in [0.1, 0.15) is 23.2 Å². The van der Waals surface area contributed by atoms with Crippen LogP contribution in [0.15, 0.2) is 41.6 Å². The second kappa shape index (κ2) is 6.83. The van der Waals surface area contributed by atoms with E-state index in [2.05, 4.69) is 9.97 Å². The Morgan fingerprint density at radius 2 is 2.30 bits per heavy atom. The molecule has 120 valence electrons. The number of carbonyl (C=O) groups excluding carboxylic acids is 1. The lowest BCUT2D eigenvalue weighted by Gasteiger charge is -2.32. The van der Waals surface area contributed by atoms with Gasteiger partial charge in [0.05, 0.1) is 6.54 Å². The molecule has 3 rings (SSSR count). The normalized spacial score (nSPS) is 17.8. The Kier molecular flexibility index (Phi) is 4.62. The molecule has 2 aromatic heterocycles. The van der Waals surface area contributed by atoms with Crippen LogP contribution in [0, 0.1) is 0 Å². The molecule has 0 spiro atoms. The first kappa shape index (κ1) is 15.6. The van der Waals surface area contributed by atoms with Crippen LogP contribution in [0.2, 0.25) is 5.02 Å². The van der Waals surface area contributed by atoms with Crippen molar-refractivity contribution in [3.8, 4) is 5.75 Å². The SMILES string of the molecule is O=C(c1ccc[nH]c1=O)N1CCCC(Oc2ccncc2Cl)C1. The minimum Gasteiger partial charge on any atom is -0.487 e. The van der Waals surface area contributed by atoms with Crippen LogP contribution >= 0.6 is 11.6 Å². The topological polar surface area (TPSA) is 75.3 Å². The molecule has 2 aromatic rings. The van der Waals surface area contributed by atoms with Gasteiger partial charge in [-0.2, -0.15) is 0 Å². The molecular weight excluding hydrogens is 318 g/mol. The smallest absolute Gasteiger partial charge is 0.260 e. The number of piperidine rings is 1. The zero-order chi connectivity index (χ0) is 16.2. The van der Waals surface area contributed by atoms with Crippen molar-refractivity contribution < 1.29 is 9.53 Å². The van der Waals surface area contributed by atoms with Crippen molar-refractivity contribution in [3.05, 3.63) is 57.7 Å². The number of rotatable bonds is 3. The van der Waals surface area contributed by atoms with Gasteiger partial charge in [0.15, 0.2) is 0 Å². The van der Waals surface area contributed by atoms with Crippen molar-refractivity contribution in [2.45, 2.75) is 18.9 Å². The summed E-state index contributed by atoms with van der Waals surface area (Å²) in [7, 11) is 0. The number of pyridine rings is 2. The Bertz CT molecular complexity index is 762. The van der Waals surface area contributed by atoms with Crippen molar-refractivity contribution in [1.29, 1.82) is 0 Å². The van der Waals surface area contributed by atoms with Gasteiger partial charge in [-0.3, -0.25) is 14.6 Å².